The summed E-state index contributed by atoms with van der Waals surface area (Å²) in [6, 6.07) is 0. The Balaban J connectivity index is 1.79. The Hall–Kier alpha value is -0.490. The fraction of sp³-hybridized carbons (Fsp3) is 0.933. The molecule has 0 bridgehead atoms. The van der Waals surface area contributed by atoms with Crippen LogP contribution in [-0.2, 0) is 23.7 Å². The molecule has 20 heavy (non-hydrogen) atoms. The number of unbranched alkanes of at least 4 members (excludes halogenated alkanes) is 1. The third kappa shape index (κ3) is 8.64. The Bertz CT molecular complexity index is 244. The maximum atomic E-state index is 11.5. The van der Waals surface area contributed by atoms with Crippen LogP contribution >= 0.6 is 0 Å². The minimum Gasteiger partial charge on any atom is -0.380 e. The number of hydrogen-bond donors (Lipinski definition) is 0. The van der Waals surface area contributed by atoms with Gasteiger partial charge in [0.25, 0.3) is 0 Å². The summed E-state index contributed by atoms with van der Waals surface area (Å²) >= 11 is 0. The summed E-state index contributed by atoms with van der Waals surface area (Å²) in [7, 11) is 0. The fourth-order valence-electron chi connectivity index (χ4n) is 1.95. The number of rotatable bonds is 12. The SMILES string of the molecule is CCCCOCCOCCOCCC1COCCC1=O. The third-order valence-corrected chi connectivity index (χ3v) is 3.26. The van der Waals surface area contributed by atoms with Crippen LogP contribution in [0.25, 0.3) is 0 Å². The van der Waals surface area contributed by atoms with Gasteiger partial charge in [-0.25, -0.2) is 0 Å². The Morgan fingerprint density at radius 3 is 2.35 bits per heavy atom. The largest absolute Gasteiger partial charge is 0.380 e. The van der Waals surface area contributed by atoms with Crippen molar-refractivity contribution in [2.75, 3.05) is 52.9 Å². The van der Waals surface area contributed by atoms with E-state index in [0.717, 1.165) is 25.9 Å². The van der Waals surface area contributed by atoms with Crippen LogP contribution in [0.1, 0.15) is 32.6 Å². The van der Waals surface area contributed by atoms with Gasteiger partial charge in [-0.3, -0.25) is 4.79 Å². The molecule has 118 valence electrons. The van der Waals surface area contributed by atoms with Crippen LogP contribution in [-0.4, -0.2) is 58.6 Å². The van der Waals surface area contributed by atoms with Gasteiger partial charge in [0.05, 0.1) is 39.6 Å². The number of carbonyl (C=O) groups excluding carboxylic acids is 1. The lowest BCUT2D eigenvalue weighted by molar-refractivity contribution is -0.131. The van der Waals surface area contributed by atoms with Crippen molar-refractivity contribution in [2.24, 2.45) is 5.92 Å². The van der Waals surface area contributed by atoms with Crippen molar-refractivity contribution >= 4 is 5.78 Å². The van der Waals surface area contributed by atoms with Crippen LogP contribution in [0.3, 0.4) is 0 Å². The third-order valence-electron chi connectivity index (χ3n) is 3.26. The Kier molecular flexibility index (Phi) is 10.8. The first-order chi connectivity index (χ1) is 9.84. The summed E-state index contributed by atoms with van der Waals surface area (Å²) in [6.07, 6.45) is 3.56. The molecular weight excluding hydrogens is 260 g/mol. The normalized spacial score (nSPS) is 19.4. The van der Waals surface area contributed by atoms with E-state index in [-0.39, 0.29) is 5.92 Å². The van der Waals surface area contributed by atoms with Crippen molar-refractivity contribution in [2.45, 2.75) is 32.6 Å². The topological polar surface area (TPSA) is 54.0 Å². The summed E-state index contributed by atoms with van der Waals surface area (Å²) in [4.78, 5) is 11.5. The van der Waals surface area contributed by atoms with Crippen LogP contribution in [0.2, 0.25) is 0 Å². The van der Waals surface area contributed by atoms with E-state index in [1.54, 1.807) is 0 Å². The second-order valence-corrected chi connectivity index (χ2v) is 4.97. The molecule has 1 aliphatic rings. The minimum atomic E-state index is 0.0247. The lowest BCUT2D eigenvalue weighted by Gasteiger charge is -2.20. The first-order valence-corrected chi connectivity index (χ1v) is 7.68. The summed E-state index contributed by atoms with van der Waals surface area (Å²) < 4.78 is 21.5. The van der Waals surface area contributed by atoms with E-state index in [2.05, 4.69) is 6.92 Å². The summed E-state index contributed by atoms with van der Waals surface area (Å²) in [5, 5.41) is 0. The van der Waals surface area contributed by atoms with E-state index >= 15 is 0 Å². The molecular formula is C15H28O5. The van der Waals surface area contributed by atoms with E-state index in [1.807, 2.05) is 0 Å². The quantitative estimate of drug-likeness (QED) is 0.513. The summed E-state index contributed by atoms with van der Waals surface area (Å²) in [5.74, 6) is 0.331. The number of Topliss-reactive ketones (excluding diaryl/α,β-unsaturated/α-hetero) is 1. The van der Waals surface area contributed by atoms with Crippen molar-refractivity contribution in [3.05, 3.63) is 0 Å². The molecule has 0 N–H and O–H groups in total. The van der Waals surface area contributed by atoms with Gasteiger partial charge in [0.1, 0.15) is 5.78 Å². The Labute approximate surface area is 121 Å². The van der Waals surface area contributed by atoms with Gasteiger partial charge in [0.2, 0.25) is 0 Å². The average Bonchev–Trinajstić information content (AvgIpc) is 2.46. The molecule has 1 rings (SSSR count). The second-order valence-electron chi connectivity index (χ2n) is 4.97. The van der Waals surface area contributed by atoms with Crippen LogP contribution in [0.5, 0.6) is 0 Å². The molecule has 0 radical (unpaired) electrons. The molecule has 1 heterocycles. The predicted octanol–water partition coefficient (Wildman–Crippen LogP) is 1.83. The molecule has 1 unspecified atom stereocenters. The van der Waals surface area contributed by atoms with Crippen molar-refractivity contribution in [3.8, 4) is 0 Å². The van der Waals surface area contributed by atoms with Crippen LogP contribution < -0.4 is 0 Å². The first-order valence-electron chi connectivity index (χ1n) is 7.68. The van der Waals surface area contributed by atoms with E-state index in [1.165, 1.54) is 0 Å². The molecule has 1 atom stereocenters. The van der Waals surface area contributed by atoms with E-state index in [4.69, 9.17) is 18.9 Å². The molecule has 0 aromatic carbocycles. The van der Waals surface area contributed by atoms with Gasteiger partial charge in [-0.15, -0.1) is 0 Å². The van der Waals surface area contributed by atoms with Crippen molar-refractivity contribution in [1.29, 1.82) is 0 Å². The average molecular weight is 288 g/mol. The van der Waals surface area contributed by atoms with E-state index in [0.29, 0.717) is 58.5 Å². The molecule has 0 aromatic rings. The Morgan fingerprint density at radius 1 is 1.05 bits per heavy atom. The number of ether oxygens (including phenoxy) is 4. The minimum absolute atomic E-state index is 0.0247. The maximum Gasteiger partial charge on any atom is 0.140 e. The van der Waals surface area contributed by atoms with Gasteiger partial charge >= 0.3 is 0 Å². The molecule has 1 aliphatic heterocycles. The monoisotopic (exact) mass is 288 g/mol. The highest BCUT2D eigenvalue weighted by Gasteiger charge is 2.22. The molecule has 0 aliphatic carbocycles. The highest BCUT2D eigenvalue weighted by molar-refractivity contribution is 5.81. The smallest absolute Gasteiger partial charge is 0.140 e. The van der Waals surface area contributed by atoms with Gasteiger partial charge in [0, 0.05) is 25.6 Å². The standard InChI is InChI=1S/C15H28O5/c1-2-3-6-17-9-11-19-12-10-18-7-4-14-13-20-8-5-15(14)16/h14H,2-13H2,1H3. The van der Waals surface area contributed by atoms with Crippen molar-refractivity contribution < 1.29 is 23.7 Å². The van der Waals surface area contributed by atoms with Gasteiger partial charge in [0.15, 0.2) is 0 Å². The van der Waals surface area contributed by atoms with Crippen LogP contribution in [0.4, 0.5) is 0 Å². The predicted molar refractivity (Wildman–Crippen MR) is 75.9 cm³/mol. The van der Waals surface area contributed by atoms with Gasteiger partial charge in [-0.1, -0.05) is 13.3 Å². The fourth-order valence-corrected chi connectivity index (χ4v) is 1.95. The van der Waals surface area contributed by atoms with E-state index in [9.17, 15) is 4.79 Å². The zero-order chi connectivity index (χ0) is 14.5. The van der Waals surface area contributed by atoms with Crippen molar-refractivity contribution in [1.82, 2.24) is 0 Å². The second kappa shape index (κ2) is 12.3. The van der Waals surface area contributed by atoms with Crippen LogP contribution in [0.15, 0.2) is 0 Å². The van der Waals surface area contributed by atoms with Crippen molar-refractivity contribution in [3.63, 3.8) is 0 Å². The molecule has 5 heteroatoms. The Morgan fingerprint density at radius 2 is 1.70 bits per heavy atom. The lowest BCUT2D eigenvalue weighted by Crippen LogP contribution is -2.28. The maximum absolute atomic E-state index is 11.5. The number of ketones is 1. The molecule has 1 saturated heterocycles. The first kappa shape index (κ1) is 17.6. The van der Waals surface area contributed by atoms with Gasteiger partial charge in [-0.2, -0.15) is 0 Å². The molecule has 0 spiro atoms. The van der Waals surface area contributed by atoms with Crippen LogP contribution in [0, 0.1) is 5.92 Å². The van der Waals surface area contributed by atoms with Gasteiger partial charge in [-0.05, 0) is 12.8 Å². The molecule has 1 fully saturated rings. The zero-order valence-electron chi connectivity index (χ0n) is 12.6. The molecule has 0 amide bonds. The highest BCUT2D eigenvalue weighted by Crippen LogP contribution is 2.13. The lowest BCUT2D eigenvalue weighted by atomic mass is 9.98. The molecule has 0 saturated carbocycles. The molecule has 5 nitrogen and oxygen atoms in total. The summed E-state index contributed by atoms with van der Waals surface area (Å²) in [6.45, 7) is 7.07. The molecule has 0 aromatic heterocycles. The number of hydrogen-bond acceptors (Lipinski definition) is 5. The number of carbonyl (C=O) groups is 1. The van der Waals surface area contributed by atoms with Gasteiger partial charge < -0.3 is 18.9 Å². The highest BCUT2D eigenvalue weighted by atomic mass is 16.5. The summed E-state index contributed by atoms with van der Waals surface area (Å²) in [5.41, 5.74) is 0. The zero-order valence-corrected chi connectivity index (χ0v) is 12.6. The van der Waals surface area contributed by atoms with E-state index < -0.39 is 0 Å².